The maximum Gasteiger partial charge on any atom is 0.361 e. The molecule has 0 aliphatic carbocycles. The van der Waals surface area contributed by atoms with Crippen LogP contribution in [0.4, 0.5) is 0 Å². The fraction of sp³-hybridized carbons (Fsp3) is 0.867. The molecule has 0 spiro atoms. The summed E-state index contributed by atoms with van der Waals surface area (Å²) in [7, 11) is 0. The highest BCUT2D eigenvalue weighted by molar-refractivity contribution is 5.90. The Bertz CT molecular complexity index is 311. The Kier molecular flexibility index (Phi) is 7.77. The van der Waals surface area contributed by atoms with Crippen LogP contribution in [-0.2, 0) is 14.3 Å². The van der Waals surface area contributed by atoms with E-state index < -0.39 is 17.7 Å². The Morgan fingerprint density at radius 3 is 2.40 bits per heavy atom. The van der Waals surface area contributed by atoms with Gasteiger partial charge in [-0.05, 0) is 19.4 Å². The van der Waals surface area contributed by atoms with Crippen LogP contribution in [0.1, 0.15) is 71.1 Å². The van der Waals surface area contributed by atoms with E-state index in [0.29, 0.717) is 19.4 Å². The van der Waals surface area contributed by atoms with Gasteiger partial charge >= 0.3 is 11.9 Å². The van der Waals surface area contributed by atoms with E-state index in [-0.39, 0.29) is 6.42 Å². The van der Waals surface area contributed by atoms with Gasteiger partial charge in [0.1, 0.15) is 0 Å². The average Bonchev–Trinajstić information content (AvgIpc) is 2.86. The Balaban J connectivity index is 2.07. The maximum absolute atomic E-state index is 11.6. The number of esters is 2. The van der Waals surface area contributed by atoms with E-state index in [0.717, 1.165) is 19.3 Å². The van der Waals surface area contributed by atoms with Crippen molar-refractivity contribution in [3.8, 4) is 0 Å². The van der Waals surface area contributed by atoms with Crippen molar-refractivity contribution in [2.75, 3.05) is 6.54 Å². The van der Waals surface area contributed by atoms with Crippen LogP contribution in [0, 0.1) is 0 Å². The zero-order chi connectivity index (χ0) is 14.8. The summed E-state index contributed by atoms with van der Waals surface area (Å²) < 4.78 is 4.69. The first-order chi connectivity index (χ1) is 9.58. The molecule has 1 fully saturated rings. The van der Waals surface area contributed by atoms with E-state index in [9.17, 15) is 14.7 Å². The molecule has 0 aromatic rings. The van der Waals surface area contributed by atoms with Crippen LogP contribution in [-0.4, -0.2) is 29.3 Å². The van der Waals surface area contributed by atoms with Crippen molar-refractivity contribution in [2.24, 2.45) is 0 Å². The highest BCUT2D eigenvalue weighted by Crippen LogP contribution is 2.18. The summed E-state index contributed by atoms with van der Waals surface area (Å²) >= 11 is 0. The second-order valence-electron chi connectivity index (χ2n) is 5.52. The Labute approximate surface area is 121 Å². The highest BCUT2D eigenvalue weighted by Gasteiger charge is 2.41. The normalized spacial score (nSPS) is 21.9. The first-order valence-electron chi connectivity index (χ1n) is 7.81. The van der Waals surface area contributed by atoms with Gasteiger partial charge in [0.05, 0.1) is 0 Å². The number of hydrogen-bond donors (Lipinski definition) is 2. The molecule has 0 unspecified atom stereocenters. The van der Waals surface area contributed by atoms with Gasteiger partial charge in [0.25, 0.3) is 0 Å². The first-order valence-corrected chi connectivity index (χ1v) is 7.81. The summed E-state index contributed by atoms with van der Waals surface area (Å²) in [6, 6.07) is 0. The number of unbranched alkanes of at least 4 members (excludes halogenated alkanes) is 6. The van der Waals surface area contributed by atoms with Crippen molar-refractivity contribution >= 4 is 11.9 Å². The van der Waals surface area contributed by atoms with Crippen LogP contribution in [0.25, 0.3) is 0 Å². The molecule has 20 heavy (non-hydrogen) atoms. The topological polar surface area (TPSA) is 75.6 Å². The molecule has 1 atom stereocenters. The van der Waals surface area contributed by atoms with Gasteiger partial charge in [-0.15, -0.1) is 0 Å². The molecule has 1 heterocycles. The van der Waals surface area contributed by atoms with Crippen LogP contribution in [0.5, 0.6) is 0 Å². The van der Waals surface area contributed by atoms with Crippen molar-refractivity contribution in [2.45, 2.75) is 76.9 Å². The number of nitrogens with one attached hydrogen (secondary N) is 1. The molecule has 5 nitrogen and oxygen atoms in total. The van der Waals surface area contributed by atoms with Crippen LogP contribution < -0.4 is 5.32 Å². The molecule has 1 saturated heterocycles. The molecule has 0 radical (unpaired) electrons. The van der Waals surface area contributed by atoms with Crippen molar-refractivity contribution in [1.29, 1.82) is 0 Å². The summed E-state index contributed by atoms with van der Waals surface area (Å²) in [5, 5.41) is 12.5. The third-order valence-corrected chi connectivity index (χ3v) is 3.66. The summed E-state index contributed by atoms with van der Waals surface area (Å²) in [5.74, 6) is -1.39. The molecule has 1 aliphatic rings. The third-order valence-electron chi connectivity index (χ3n) is 3.66. The van der Waals surface area contributed by atoms with E-state index >= 15 is 0 Å². The van der Waals surface area contributed by atoms with Crippen molar-refractivity contribution in [1.82, 2.24) is 5.32 Å². The first kappa shape index (κ1) is 17.1. The lowest BCUT2D eigenvalue weighted by Gasteiger charge is -2.19. The van der Waals surface area contributed by atoms with Gasteiger partial charge in [-0.25, -0.2) is 4.79 Å². The molecule has 2 N–H and O–H groups in total. The number of carbonyl (C=O) groups is 2. The van der Waals surface area contributed by atoms with Gasteiger partial charge in [0.15, 0.2) is 0 Å². The second kappa shape index (κ2) is 9.08. The lowest BCUT2D eigenvalue weighted by Crippen LogP contribution is -2.49. The molecule has 1 rings (SSSR count). The Hall–Kier alpha value is -0.940. The minimum atomic E-state index is -1.66. The molecule has 5 heteroatoms. The van der Waals surface area contributed by atoms with Crippen LogP contribution >= 0.6 is 0 Å². The van der Waals surface area contributed by atoms with E-state index in [2.05, 4.69) is 12.2 Å². The number of hydrogen-bond acceptors (Lipinski definition) is 5. The maximum atomic E-state index is 11.6. The fourth-order valence-electron chi connectivity index (χ4n) is 2.37. The molecule has 0 aromatic heterocycles. The quantitative estimate of drug-likeness (QED) is 0.386. The largest absolute Gasteiger partial charge is 0.390 e. The monoisotopic (exact) mass is 285 g/mol. The van der Waals surface area contributed by atoms with Gasteiger partial charge in [0.2, 0.25) is 5.72 Å². The molecule has 0 saturated carbocycles. The summed E-state index contributed by atoms with van der Waals surface area (Å²) in [6.07, 6.45) is 9.03. The molecule has 0 aromatic carbocycles. The smallest absolute Gasteiger partial charge is 0.361 e. The zero-order valence-electron chi connectivity index (χ0n) is 12.5. The zero-order valence-corrected chi connectivity index (χ0v) is 12.5. The number of aliphatic hydroxyl groups is 1. The summed E-state index contributed by atoms with van der Waals surface area (Å²) in [4.78, 5) is 23.1. The van der Waals surface area contributed by atoms with E-state index in [1.54, 1.807) is 0 Å². The van der Waals surface area contributed by atoms with E-state index in [4.69, 9.17) is 4.74 Å². The van der Waals surface area contributed by atoms with Crippen LogP contribution in [0.15, 0.2) is 0 Å². The fourth-order valence-corrected chi connectivity index (χ4v) is 2.37. The molecule has 0 bridgehead atoms. The predicted octanol–water partition coefficient (Wildman–Crippen LogP) is 2.27. The van der Waals surface area contributed by atoms with Crippen molar-refractivity contribution in [3.05, 3.63) is 0 Å². The van der Waals surface area contributed by atoms with Crippen LogP contribution in [0.2, 0.25) is 0 Å². The van der Waals surface area contributed by atoms with Gasteiger partial charge in [0, 0.05) is 12.8 Å². The van der Waals surface area contributed by atoms with Gasteiger partial charge in [-0.2, -0.15) is 0 Å². The SMILES string of the molecule is CCCCCCCCCC(=O)OC(=O)[C@]1(O)CCCN1. The third kappa shape index (κ3) is 6.01. The second-order valence-corrected chi connectivity index (χ2v) is 5.52. The van der Waals surface area contributed by atoms with Gasteiger partial charge < -0.3 is 9.84 Å². The lowest BCUT2D eigenvalue weighted by atomic mass is 10.1. The summed E-state index contributed by atoms with van der Waals surface area (Å²) in [5.41, 5.74) is -1.66. The van der Waals surface area contributed by atoms with E-state index in [1.165, 1.54) is 25.7 Å². The molecule has 116 valence electrons. The van der Waals surface area contributed by atoms with E-state index in [1.807, 2.05) is 0 Å². The number of ether oxygens (including phenoxy) is 1. The van der Waals surface area contributed by atoms with Crippen molar-refractivity contribution in [3.63, 3.8) is 0 Å². The minimum Gasteiger partial charge on any atom is -0.390 e. The van der Waals surface area contributed by atoms with Gasteiger partial charge in [-0.3, -0.25) is 10.1 Å². The van der Waals surface area contributed by atoms with Gasteiger partial charge in [-0.1, -0.05) is 45.4 Å². The lowest BCUT2D eigenvalue weighted by molar-refractivity contribution is -0.175. The minimum absolute atomic E-state index is 0.246. The standard InChI is InChI=1S/C15H27NO4/c1-2-3-4-5-6-7-8-10-13(17)20-14(18)15(19)11-9-12-16-15/h16,19H,2-12H2,1H3/t15-/m1/s1. The molecule has 1 aliphatic heterocycles. The number of carbonyl (C=O) groups excluding carboxylic acids is 2. The summed E-state index contributed by atoms with van der Waals surface area (Å²) in [6.45, 7) is 2.75. The molecular formula is C15H27NO4. The average molecular weight is 285 g/mol. The Morgan fingerprint density at radius 1 is 1.15 bits per heavy atom. The highest BCUT2D eigenvalue weighted by atomic mass is 16.6. The number of rotatable bonds is 9. The van der Waals surface area contributed by atoms with Crippen LogP contribution in [0.3, 0.4) is 0 Å². The van der Waals surface area contributed by atoms with Crippen molar-refractivity contribution < 1.29 is 19.4 Å². The molecule has 0 amide bonds. The predicted molar refractivity (Wildman–Crippen MR) is 75.9 cm³/mol. The molecular weight excluding hydrogens is 258 g/mol. The Morgan fingerprint density at radius 2 is 1.80 bits per heavy atom.